The molecule has 1 unspecified atom stereocenters. The van der Waals surface area contributed by atoms with Gasteiger partial charge in [-0.05, 0) is 37.6 Å². The largest absolute Gasteiger partial charge is 0.467 e. The fourth-order valence-electron chi connectivity index (χ4n) is 1.30. The Morgan fingerprint density at radius 1 is 1.41 bits per heavy atom. The van der Waals surface area contributed by atoms with Crippen molar-refractivity contribution in [2.75, 3.05) is 7.11 Å². The van der Waals surface area contributed by atoms with E-state index in [1.54, 1.807) is 25.1 Å². The van der Waals surface area contributed by atoms with Crippen molar-refractivity contribution < 1.29 is 14.3 Å². The third-order valence-corrected chi connectivity index (χ3v) is 2.75. The van der Waals surface area contributed by atoms with Gasteiger partial charge in [0.2, 0.25) is 0 Å². The molecule has 92 valence electrons. The van der Waals surface area contributed by atoms with E-state index < -0.39 is 12.0 Å². The summed E-state index contributed by atoms with van der Waals surface area (Å²) < 4.78 is 4.52. The van der Waals surface area contributed by atoms with Gasteiger partial charge in [-0.1, -0.05) is 11.6 Å². The highest BCUT2D eigenvalue weighted by Gasteiger charge is 2.16. The number of hydrogen-bond acceptors (Lipinski definition) is 3. The van der Waals surface area contributed by atoms with Crippen molar-refractivity contribution in [3.8, 4) is 0 Å². The fraction of sp³-hybridized carbons (Fsp3) is 0.333. The molecule has 1 rings (SSSR count). The van der Waals surface area contributed by atoms with Crippen LogP contribution in [0.2, 0.25) is 5.02 Å². The van der Waals surface area contributed by atoms with Crippen LogP contribution >= 0.6 is 11.6 Å². The number of aryl methyl sites for hydroxylation is 1. The van der Waals surface area contributed by atoms with Crippen LogP contribution in [0.15, 0.2) is 18.2 Å². The third kappa shape index (κ3) is 3.46. The second-order valence-corrected chi connectivity index (χ2v) is 4.09. The molecule has 1 amide bonds. The number of ether oxygens (including phenoxy) is 1. The number of rotatable bonds is 3. The first-order valence-electron chi connectivity index (χ1n) is 5.10. The van der Waals surface area contributed by atoms with Crippen LogP contribution < -0.4 is 5.32 Å². The SMILES string of the molecule is COC(=O)C(C)NC(=O)c1ccc(Cl)c(C)c1. The molecule has 17 heavy (non-hydrogen) atoms. The van der Waals surface area contributed by atoms with Crippen molar-refractivity contribution in [2.24, 2.45) is 0 Å². The van der Waals surface area contributed by atoms with Gasteiger partial charge in [0.1, 0.15) is 6.04 Å². The van der Waals surface area contributed by atoms with E-state index in [1.165, 1.54) is 7.11 Å². The first-order valence-corrected chi connectivity index (χ1v) is 5.48. The van der Waals surface area contributed by atoms with Gasteiger partial charge in [-0.2, -0.15) is 0 Å². The maximum absolute atomic E-state index is 11.8. The van der Waals surface area contributed by atoms with Crippen molar-refractivity contribution >= 4 is 23.5 Å². The number of carbonyl (C=O) groups is 2. The van der Waals surface area contributed by atoms with Crippen LogP contribution in [0, 0.1) is 6.92 Å². The second kappa shape index (κ2) is 5.68. The summed E-state index contributed by atoms with van der Waals surface area (Å²) >= 11 is 5.86. The molecule has 1 atom stereocenters. The van der Waals surface area contributed by atoms with E-state index in [2.05, 4.69) is 10.1 Å². The molecule has 0 saturated carbocycles. The molecule has 0 aromatic heterocycles. The van der Waals surface area contributed by atoms with Crippen LogP contribution in [0.5, 0.6) is 0 Å². The van der Waals surface area contributed by atoms with Gasteiger partial charge in [-0.3, -0.25) is 4.79 Å². The summed E-state index contributed by atoms with van der Waals surface area (Å²) in [6, 6.07) is 4.24. The normalized spacial score (nSPS) is 11.8. The van der Waals surface area contributed by atoms with E-state index >= 15 is 0 Å². The van der Waals surface area contributed by atoms with Gasteiger partial charge in [0, 0.05) is 10.6 Å². The van der Waals surface area contributed by atoms with Gasteiger partial charge in [0.05, 0.1) is 7.11 Å². The number of hydrogen-bond donors (Lipinski definition) is 1. The molecule has 0 aliphatic rings. The molecule has 0 aliphatic heterocycles. The second-order valence-electron chi connectivity index (χ2n) is 3.68. The van der Waals surface area contributed by atoms with E-state index in [4.69, 9.17) is 11.6 Å². The number of methoxy groups -OCH3 is 1. The summed E-state index contributed by atoms with van der Waals surface area (Å²) in [6.45, 7) is 3.37. The summed E-state index contributed by atoms with van der Waals surface area (Å²) in [5.74, 6) is -0.813. The molecule has 0 heterocycles. The topological polar surface area (TPSA) is 55.4 Å². The Kier molecular flexibility index (Phi) is 4.52. The zero-order chi connectivity index (χ0) is 13.0. The zero-order valence-corrected chi connectivity index (χ0v) is 10.7. The highest BCUT2D eigenvalue weighted by atomic mass is 35.5. The summed E-state index contributed by atoms with van der Waals surface area (Å²) in [5, 5.41) is 3.14. The lowest BCUT2D eigenvalue weighted by Gasteiger charge is -2.11. The van der Waals surface area contributed by atoms with E-state index in [0.717, 1.165) is 5.56 Å². The number of halogens is 1. The lowest BCUT2D eigenvalue weighted by Crippen LogP contribution is -2.39. The smallest absolute Gasteiger partial charge is 0.328 e. The minimum absolute atomic E-state index is 0.331. The minimum atomic E-state index is -0.677. The van der Waals surface area contributed by atoms with Gasteiger partial charge in [0.25, 0.3) is 5.91 Å². The standard InChI is InChI=1S/C12H14ClNO3/c1-7-6-9(4-5-10(7)13)11(15)14-8(2)12(16)17-3/h4-6,8H,1-3H3,(H,14,15). The average Bonchev–Trinajstić information content (AvgIpc) is 2.31. The Morgan fingerprint density at radius 3 is 2.59 bits per heavy atom. The highest BCUT2D eigenvalue weighted by molar-refractivity contribution is 6.31. The van der Waals surface area contributed by atoms with E-state index in [9.17, 15) is 9.59 Å². The summed E-state index contributed by atoms with van der Waals surface area (Å²) in [7, 11) is 1.28. The quantitative estimate of drug-likeness (QED) is 0.840. The molecule has 0 fully saturated rings. The van der Waals surface area contributed by atoms with Gasteiger partial charge in [-0.25, -0.2) is 4.79 Å². The lowest BCUT2D eigenvalue weighted by molar-refractivity contribution is -0.142. The fourth-order valence-corrected chi connectivity index (χ4v) is 1.42. The molecule has 0 saturated heterocycles. The maximum atomic E-state index is 11.8. The van der Waals surface area contributed by atoms with Crippen LogP contribution in [0.25, 0.3) is 0 Å². The number of nitrogens with one attached hydrogen (secondary N) is 1. The monoisotopic (exact) mass is 255 g/mol. The summed E-state index contributed by atoms with van der Waals surface area (Å²) in [6.07, 6.45) is 0. The molecule has 1 aromatic rings. The molecule has 0 radical (unpaired) electrons. The Morgan fingerprint density at radius 2 is 2.06 bits per heavy atom. The summed E-state index contributed by atoms with van der Waals surface area (Å²) in [5.41, 5.74) is 1.27. The number of amides is 1. The predicted molar refractivity (Wildman–Crippen MR) is 65.1 cm³/mol. The van der Waals surface area contributed by atoms with Crippen molar-refractivity contribution in [2.45, 2.75) is 19.9 Å². The molecule has 4 nitrogen and oxygen atoms in total. The molecule has 0 aliphatic carbocycles. The van der Waals surface area contributed by atoms with Crippen LogP contribution in [0.1, 0.15) is 22.8 Å². The molecule has 0 spiro atoms. The van der Waals surface area contributed by atoms with Gasteiger partial charge in [0.15, 0.2) is 0 Å². The van der Waals surface area contributed by atoms with Crippen molar-refractivity contribution in [1.82, 2.24) is 5.32 Å². The first-order chi connectivity index (χ1) is 7.95. The molecule has 1 N–H and O–H groups in total. The summed E-state index contributed by atoms with van der Waals surface area (Å²) in [4.78, 5) is 22.9. The Balaban J connectivity index is 2.76. The Labute approximate surface area is 105 Å². The van der Waals surface area contributed by atoms with Gasteiger partial charge >= 0.3 is 5.97 Å². The van der Waals surface area contributed by atoms with Crippen LogP contribution in [-0.4, -0.2) is 25.0 Å². The number of esters is 1. The average molecular weight is 256 g/mol. The minimum Gasteiger partial charge on any atom is -0.467 e. The van der Waals surface area contributed by atoms with Crippen LogP contribution in [0.4, 0.5) is 0 Å². The Bertz CT molecular complexity index is 445. The molecular formula is C12H14ClNO3. The molecular weight excluding hydrogens is 242 g/mol. The van der Waals surface area contributed by atoms with E-state index in [-0.39, 0.29) is 5.91 Å². The highest BCUT2D eigenvalue weighted by Crippen LogP contribution is 2.16. The van der Waals surface area contributed by atoms with Crippen LogP contribution in [0.3, 0.4) is 0 Å². The van der Waals surface area contributed by atoms with Crippen molar-refractivity contribution in [3.05, 3.63) is 34.3 Å². The van der Waals surface area contributed by atoms with Crippen molar-refractivity contribution in [1.29, 1.82) is 0 Å². The number of benzene rings is 1. The Hall–Kier alpha value is -1.55. The third-order valence-electron chi connectivity index (χ3n) is 2.32. The predicted octanol–water partition coefficient (Wildman–Crippen LogP) is 1.94. The molecule has 0 bridgehead atoms. The number of carbonyl (C=O) groups excluding carboxylic acids is 2. The molecule has 5 heteroatoms. The first kappa shape index (κ1) is 13.5. The van der Waals surface area contributed by atoms with Gasteiger partial charge in [-0.15, -0.1) is 0 Å². The van der Waals surface area contributed by atoms with E-state index in [0.29, 0.717) is 10.6 Å². The van der Waals surface area contributed by atoms with Gasteiger partial charge < -0.3 is 10.1 Å². The van der Waals surface area contributed by atoms with Crippen LogP contribution in [-0.2, 0) is 9.53 Å². The van der Waals surface area contributed by atoms with Crippen molar-refractivity contribution in [3.63, 3.8) is 0 Å². The maximum Gasteiger partial charge on any atom is 0.328 e. The molecule has 1 aromatic carbocycles. The lowest BCUT2D eigenvalue weighted by atomic mass is 10.1. The van der Waals surface area contributed by atoms with E-state index in [1.807, 2.05) is 6.92 Å². The zero-order valence-electron chi connectivity index (χ0n) is 9.91.